The van der Waals surface area contributed by atoms with Gasteiger partial charge in [0.15, 0.2) is 0 Å². The molecule has 4 heterocycles. The number of carbonyl (C=O) groups is 3. The third-order valence-electron chi connectivity index (χ3n) is 10.1. The van der Waals surface area contributed by atoms with E-state index in [9.17, 15) is 14.4 Å². The van der Waals surface area contributed by atoms with Crippen molar-refractivity contribution in [3.63, 3.8) is 0 Å². The third kappa shape index (κ3) is 6.92. The Morgan fingerprint density at radius 3 is 2.36 bits per heavy atom. The van der Waals surface area contributed by atoms with E-state index in [1.54, 1.807) is 12.1 Å². The molecule has 45 heavy (non-hydrogen) atoms. The number of nitrogen functional groups attached to an aromatic ring is 1. The molecule has 2 aromatic carbocycles. The van der Waals surface area contributed by atoms with E-state index in [-0.39, 0.29) is 30.3 Å². The van der Waals surface area contributed by atoms with Crippen molar-refractivity contribution >= 4 is 40.8 Å². The Morgan fingerprint density at radius 2 is 1.64 bits per heavy atom. The average Bonchev–Trinajstić information content (AvgIpc) is 3.61. The molecule has 0 aliphatic carbocycles. The van der Waals surface area contributed by atoms with Gasteiger partial charge in [-0.15, -0.1) is 6.42 Å². The fourth-order valence-electron chi connectivity index (χ4n) is 7.54. The van der Waals surface area contributed by atoms with Crippen molar-refractivity contribution < 1.29 is 14.4 Å². The maximum absolute atomic E-state index is 14.0. The van der Waals surface area contributed by atoms with E-state index < -0.39 is 5.92 Å². The summed E-state index contributed by atoms with van der Waals surface area (Å²) in [5, 5.41) is 3.36. The molecule has 10 heteroatoms. The molecule has 6 rings (SSSR count). The Bertz CT molecular complexity index is 1470. The summed E-state index contributed by atoms with van der Waals surface area (Å²) in [4.78, 5) is 48.9. The van der Waals surface area contributed by atoms with Crippen LogP contribution in [0.4, 0.5) is 16.2 Å². The number of benzene rings is 2. The first-order valence-electron chi connectivity index (χ1n) is 16.3. The summed E-state index contributed by atoms with van der Waals surface area (Å²) in [6.07, 6.45) is 12.0. The lowest BCUT2D eigenvalue weighted by Gasteiger charge is -2.41. The van der Waals surface area contributed by atoms with Crippen molar-refractivity contribution in [2.24, 2.45) is 5.92 Å². The van der Waals surface area contributed by atoms with Crippen LogP contribution in [0.1, 0.15) is 61.6 Å². The number of hydrogen-bond donors (Lipinski definition) is 2. The lowest BCUT2D eigenvalue weighted by Crippen LogP contribution is -2.51. The second kappa shape index (κ2) is 13.7. The van der Waals surface area contributed by atoms with Crippen LogP contribution in [0.25, 0.3) is 0 Å². The zero-order chi connectivity index (χ0) is 31.5. The number of urea groups is 1. The molecular formula is C35H43ClN6O3. The van der Waals surface area contributed by atoms with Gasteiger partial charge in [-0.1, -0.05) is 35.7 Å². The van der Waals surface area contributed by atoms with Gasteiger partial charge in [-0.3, -0.25) is 9.59 Å². The molecule has 0 aromatic heterocycles. The first-order valence-corrected chi connectivity index (χ1v) is 16.7. The molecule has 3 fully saturated rings. The van der Waals surface area contributed by atoms with Gasteiger partial charge >= 0.3 is 6.03 Å². The van der Waals surface area contributed by atoms with Crippen molar-refractivity contribution in [1.29, 1.82) is 0 Å². The van der Waals surface area contributed by atoms with Crippen LogP contribution < -0.4 is 11.1 Å². The number of rotatable bonds is 7. The zero-order valence-corrected chi connectivity index (χ0v) is 26.6. The topological polar surface area (TPSA) is 102 Å². The highest BCUT2D eigenvalue weighted by atomic mass is 35.5. The zero-order valence-electron chi connectivity index (χ0n) is 25.8. The number of amides is 4. The average molecular weight is 631 g/mol. The number of carbonyl (C=O) groups excluding carboxylic acids is 3. The van der Waals surface area contributed by atoms with Gasteiger partial charge in [-0.2, -0.15) is 0 Å². The maximum Gasteiger partial charge on any atom is 0.322 e. The van der Waals surface area contributed by atoms with Crippen LogP contribution in [-0.2, 0) is 22.6 Å². The maximum atomic E-state index is 14.0. The highest BCUT2D eigenvalue weighted by Gasteiger charge is 2.36. The molecule has 0 radical (unpaired) electrons. The van der Waals surface area contributed by atoms with Gasteiger partial charge in [-0.05, 0) is 87.4 Å². The second-order valence-electron chi connectivity index (χ2n) is 12.9. The second-order valence-corrected chi connectivity index (χ2v) is 13.3. The molecule has 3 N–H and O–H groups in total. The van der Waals surface area contributed by atoms with Crippen molar-refractivity contribution in [2.75, 3.05) is 50.3 Å². The number of nitrogens with one attached hydrogen (secondary N) is 1. The van der Waals surface area contributed by atoms with Crippen molar-refractivity contribution in [3.05, 3.63) is 58.1 Å². The minimum absolute atomic E-state index is 0.0111. The molecule has 4 aliphatic rings. The first-order chi connectivity index (χ1) is 21.8. The minimum Gasteiger partial charge on any atom is -0.397 e. The van der Waals surface area contributed by atoms with E-state index in [2.05, 4.69) is 16.1 Å². The van der Waals surface area contributed by atoms with E-state index in [4.69, 9.17) is 23.8 Å². The Balaban J connectivity index is 1.11. The Kier molecular flexibility index (Phi) is 9.53. The predicted molar refractivity (Wildman–Crippen MR) is 177 cm³/mol. The predicted octanol–water partition coefficient (Wildman–Crippen LogP) is 4.58. The monoisotopic (exact) mass is 630 g/mol. The molecule has 0 bridgehead atoms. The number of nitrogens with zero attached hydrogens (tertiary/aromatic N) is 4. The van der Waals surface area contributed by atoms with Crippen LogP contribution in [0.5, 0.6) is 0 Å². The quantitative estimate of drug-likeness (QED) is 0.345. The first kappa shape index (κ1) is 31.3. The van der Waals surface area contributed by atoms with Gasteiger partial charge in [0.05, 0.1) is 16.6 Å². The van der Waals surface area contributed by atoms with Crippen LogP contribution in [0, 0.1) is 18.3 Å². The van der Waals surface area contributed by atoms with Crippen molar-refractivity contribution in [1.82, 2.24) is 19.6 Å². The number of piperidine rings is 2. The number of anilines is 2. The Labute approximate surface area is 271 Å². The van der Waals surface area contributed by atoms with E-state index in [0.29, 0.717) is 74.3 Å². The molecular weight excluding hydrogens is 588 g/mol. The molecule has 238 valence electrons. The smallest absolute Gasteiger partial charge is 0.322 e. The standard InChI is InChI=1S/C35H43ClN6O3/c1-2-25-19-24(21-30(36)33(25)37)20-27(34(44)41-17-9-28(10-18-41)39-13-5-6-14-39)22-32(43)40-15-11-29(12-16-40)42-23-26-7-3-4-8-31(26)38-35(42)45/h1,3-4,7-8,19,21,27-29H,5-6,9-18,20,22-23,37H2,(H,38,45)/t27-/m0/s1. The summed E-state index contributed by atoms with van der Waals surface area (Å²) >= 11 is 6.40. The molecule has 0 spiro atoms. The van der Waals surface area contributed by atoms with Gasteiger partial charge in [0.25, 0.3) is 0 Å². The SMILES string of the molecule is C#Cc1cc(C[C@@H](CC(=O)N2CCC(N3Cc4ccccc4NC3=O)CC2)C(=O)N2CCC(N3CCCC3)CC2)cc(Cl)c1N. The molecule has 4 aliphatic heterocycles. The number of para-hydroxylation sites is 1. The molecule has 0 saturated carbocycles. The molecule has 0 unspecified atom stereocenters. The molecule has 9 nitrogen and oxygen atoms in total. The summed E-state index contributed by atoms with van der Waals surface area (Å²) in [6, 6.07) is 11.9. The van der Waals surface area contributed by atoms with Gasteiger partial charge < -0.3 is 30.7 Å². The van der Waals surface area contributed by atoms with Crippen LogP contribution in [0.3, 0.4) is 0 Å². The number of nitrogens with two attached hydrogens (primary N) is 1. The Morgan fingerprint density at radius 1 is 0.978 bits per heavy atom. The van der Waals surface area contributed by atoms with Crippen LogP contribution >= 0.6 is 11.6 Å². The highest BCUT2D eigenvalue weighted by Crippen LogP contribution is 2.30. The summed E-state index contributed by atoms with van der Waals surface area (Å²) in [6.45, 7) is 5.37. The number of fused-ring (bicyclic) bond motifs is 1. The lowest BCUT2D eigenvalue weighted by molar-refractivity contribution is -0.143. The largest absolute Gasteiger partial charge is 0.397 e. The number of halogens is 1. The summed E-state index contributed by atoms with van der Waals surface area (Å²) < 4.78 is 0. The van der Waals surface area contributed by atoms with Gasteiger partial charge in [-0.25, -0.2) is 4.79 Å². The van der Waals surface area contributed by atoms with Crippen molar-refractivity contribution in [3.8, 4) is 12.3 Å². The number of terminal acetylenes is 1. The molecule has 4 amide bonds. The highest BCUT2D eigenvalue weighted by molar-refractivity contribution is 6.33. The third-order valence-corrected chi connectivity index (χ3v) is 10.5. The molecule has 1 atom stereocenters. The van der Waals surface area contributed by atoms with Gasteiger partial charge in [0.2, 0.25) is 11.8 Å². The van der Waals surface area contributed by atoms with E-state index in [1.165, 1.54) is 12.8 Å². The number of hydrogen-bond acceptors (Lipinski definition) is 5. The van der Waals surface area contributed by atoms with Gasteiger partial charge in [0, 0.05) is 62.5 Å². The van der Waals surface area contributed by atoms with Crippen LogP contribution in [0.2, 0.25) is 5.02 Å². The normalized spacial score (nSPS) is 20.4. The van der Waals surface area contributed by atoms with E-state index in [1.807, 2.05) is 39.0 Å². The molecule has 2 aromatic rings. The van der Waals surface area contributed by atoms with E-state index in [0.717, 1.165) is 42.7 Å². The fourth-order valence-corrected chi connectivity index (χ4v) is 7.79. The fraction of sp³-hybridized carbons (Fsp3) is 0.514. The Hall–Kier alpha value is -3.74. The minimum atomic E-state index is -0.534. The van der Waals surface area contributed by atoms with E-state index >= 15 is 0 Å². The summed E-state index contributed by atoms with van der Waals surface area (Å²) in [7, 11) is 0. The number of likely N-dealkylation sites (tertiary alicyclic amines) is 3. The lowest BCUT2D eigenvalue weighted by atomic mass is 9.91. The van der Waals surface area contributed by atoms with Crippen LogP contribution in [-0.4, -0.2) is 88.8 Å². The van der Waals surface area contributed by atoms with Gasteiger partial charge in [0.1, 0.15) is 0 Å². The van der Waals surface area contributed by atoms with Crippen molar-refractivity contribution in [2.45, 2.75) is 70.0 Å². The molecule has 3 saturated heterocycles. The van der Waals surface area contributed by atoms with Crippen LogP contribution in [0.15, 0.2) is 36.4 Å². The summed E-state index contributed by atoms with van der Waals surface area (Å²) in [5.41, 5.74) is 9.66. The summed E-state index contributed by atoms with van der Waals surface area (Å²) in [5.74, 6) is 2.03.